The first-order valence-corrected chi connectivity index (χ1v) is 4.32. The molecule has 0 saturated carbocycles. The molecule has 0 fully saturated rings. The van der Waals surface area contributed by atoms with Crippen LogP contribution in [0.2, 0.25) is 0 Å². The number of aromatic nitrogens is 1. The number of H-pyrrole nitrogens is 1. The molecule has 0 bridgehead atoms. The second kappa shape index (κ2) is 3.48. The monoisotopic (exact) mass is 227 g/mol. The predicted molar refractivity (Wildman–Crippen MR) is 52.7 cm³/mol. The Hall–Kier alpha value is -2.11. The van der Waals surface area contributed by atoms with E-state index in [1.165, 1.54) is 0 Å². The molecule has 0 saturated heterocycles. The molecule has 2 N–H and O–H groups in total. The second-order valence-corrected chi connectivity index (χ2v) is 3.15. The minimum Gasteiger partial charge on any atom is -0.507 e. The number of methoxy groups -OCH3 is 1. The van der Waals surface area contributed by atoms with Gasteiger partial charge in [0.1, 0.15) is 5.75 Å². The van der Waals surface area contributed by atoms with E-state index in [1.807, 2.05) is 0 Å². The minimum absolute atomic E-state index is 0.0271. The largest absolute Gasteiger partial charge is 0.507 e. The highest BCUT2D eigenvalue weighted by Gasteiger charge is 2.17. The zero-order valence-electron chi connectivity index (χ0n) is 8.17. The Kier molecular flexibility index (Phi) is 2.26. The molecule has 2 rings (SSSR count). The van der Waals surface area contributed by atoms with Crippen molar-refractivity contribution < 1.29 is 18.6 Å². The van der Waals surface area contributed by atoms with Gasteiger partial charge in [0.25, 0.3) is 5.56 Å². The van der Waals surface area contributed by atoms with Crippen molar-refractivity contribution in [2.75, 3.05) is 7.11 Å². The van der Waals surface area contributed by atoms with Crippen LogP contribution in [0.4, 0.5) is 8.78 Å². The Bertz CT molecular complexity index is 621. The van der Waals surface area contributed by atoms with Crippen LogP contribution < -0.4 is 10.3 Å². The van der Waals surface area contributed by atoms with E-state index in [0.29, 0.717) is 0 Å². The van der Waals surface area contributed by atoms with E-state index in [2.05, 4.69) is 9.72 Å². The molecular weight excluding hydrogens is 220 g/mol. The highest BCUT2D eigenvalue weighted by molar-refractivity contribution is 5.90. The number of hydrogen-bond acceptors (Lipinski definition) is 3. The van der Waals surface area contributed by atoms with Gasteiger partial charge in [-0.25, -0.2) is 4.39 Å². The number of halogens is 2. The molecule has 16 heavy (non-hydrogen) atoms. The van der Waals surface area contributed by atoms with Crippen LogP contribution in [0, 0.1) is 11.6 Å². The van der Waals surface area contributed by atoms with Crippen molar-refractivity contribution in [3.05, 3.63) is 34.1 Å². The molecule has 1 aromatic heterocycles. The van der Waals surface area contributed by atoms with Gasteiger partial charge in [-0.05, 0) is 0 Å². The van der Waals surface area contributed by atoms with E-state index < -0.39 is 28.7 Å². The number of rotatable bonds is 1. The van der Waals surface area contributed by atoms with Crippen LogP contribution in [0.5, 0.6) is 11.5 Å². The first kappa shape index (κ1) is 10.4. The van der Waals surface area contributed by atoms with Gasteiger partial charge in [0.15, 0.2) is 11.6 Å². The van der Waals surface area contributed by atoms with Crippen molar-refractivity contribution in [3.63, 3.8) is 0 Å². The summed E-state index contributed by atoms with van der Waals surface area (Å²) < 4.78 is 31.1. The van der Waals surface area contributed by atoms with E-state index >= 15 is 0 Å². The van der Waals surface area contributed by atoms with Crippen LogP contribution in [-0.2, 0) is 0 Å². The highest BCUT2D eigenvalue weighted by atomic mass is 19.2. The summed E-state index contributed by atoms with van der Waals surface area (Å²) >= 11 is 0. The Morgan fingerprint density at radius 3 is 2.69 bits per heavy atom. The smallest absolute Gasteiger partial charge is 0.252 e. The van der Waals surface area contributed by atoms with E-state index in [4.69, 9.17) is 0 Å². The van der Waals surface area contributed by atoms with Gasteiger partial charge in [0.2, 0.25) is 5.82 Å². The van der Waals surface area contributed by atoms with E-state index in [1.54, 1.807) is 0 Å². The SMILES string of the molecule is COc1c(F)c(F)cc2[nH]c(=O)cc(O)c12. The van der Waals surface area contributed by atoms with Gasteiger partial charge in [0, 0.05) is 12.1 Å². The summed E-state index contributed by atoms with van der Waals surface area (Å²) in [5.74, 6) is -3.28. The van der Waals surface area contributed by atoms with Crippen molar-refractivity contribution >= 4 is 10.9 Å². The fourth-order valence-corrected chi connectivity index (χ4v) is 1.51. The summed E-state index contributed by atoms with van der Waals surface area (Å²) in [5, 5.41) is 9.42. The molecule has 6 heteroatoms. The molecule has 0 amide bonds. The summed E-state index contributed by atoms with van der Waals surface area (Å²) in [6, 6.07) is 1.65. The average Bonchev–Trinajstić information content (AvgIpc) is 2.20. The first-order valence-electron chi connectivity index (χ1n) is 4.32. The lowest BCUT2D eigenvalue weighted by molar-refractivity contribution is 0.375. The molecule has 1 aromatic carbocycles. The molecule has 0 radical (unpaired) electrons. The molecule has 0 spiro atoms. The third kappa shape index (κ3) is 1.39. The number of hydrogen-bond donors (Lipinski definition) is 2. The van der Waals surface area contributed by atoms with E-state index in [0.717, 1.165) is 19.2 Å². The Morgan fingerprint density at radius 2 is 2.06 bits per heavy atom. The molecule has 0 atom stereocenters. The molecule has 0 aliphatic rings. The Labute approximate surface area is 88.1 Å². The molecule has 84 valence electrons. The van der Waals surface area contributed by atoms with Gasteiger partial charge in [0.05, 0.1) is 18.0 Å². The molecule has 2 aromatic rings. The lowest BCUT2D eigenvalue weighted by Crippen LogP contribution is -2.05. The van der Waals surface area contributed by atoms with E-state index in [-0.39, 0.29) is 10.9 Å². The summed E-state index contributed by atoms with van der Waals surface area (Å²) in [6.07, 6.45) is 0. The number of pyridine rings is 1. The van der Waals surface area contributed by atoms with Crippen LogP contribution in [0.25, 0.3) is 10.9 Å². The standard InChI is InChI=1S/C10H7F2NO3/c1-16-10-8-5(2-4(11)9(10)12)13-7(15)3-6(8)14/h2-3H,1H3,(H2,13,14,15). The number of benzene rings is 1. The molecule has 0 aliphatic carbocycles. The topological polar surface area (TPSA) is 62.3 Å². The lowest BCUT2D eigenvalue weighted by atomic mass is 10.1. The third-order valence-corrected chi connectivity index (χ3v) is 2.16. The first-order chi connectivity index (χ1) is 7.54. The molecule has 4 nitrogen and oxygen atoms in total. The zero-order valence-corrected chi connectivity index (χ0v) is 8.17. The van der Waals surface area contributed by atoms with Crippen LogP contribution in [-0.4, -0.2) is 17.2 Å². The third-order valence-electron chi connectivity index (χ3n) is 2.16. The number of aromatic hydroxyl groups is 1. The summed E-state index contributed by atoms with van der Waals surface area (Å²) in [6.45, 7) is 0. The maximum atomic E-state index is 13.3. The number of fused-ring (bicyclic) bond motifs is 1. The molecular formula is C10H7F2NO3. The van der Waals surface area contributed by atoms with Crippen molar-refractivity contribution in [3.8, 4) is 11.5 Å². The lowest BCUT2D eigenvalue weighted by Gasteiger charge is -2.08. The summed E-state index contributed by atoms with van der Waals surface area (Å²) in [4.78, 5) is 13.3. The van der Waals surface area contributed by atoms with Crippen LogP contribution in [0.1, 0.15) is 0 Å². The van der Waals surface area contributed by atoms with Crippen molar-refractivity contribution in [1.29, 1.82) is 0 Å². The normalized spacial score (nSPS) is 10.7. The molecule has 0 unspecified atom stereocenters. The average molecular weight is 227 g/mol. The zero-order chi connectivity index (χ0) is 11.9. The van der Waals surface area contributed by atoms with Gasteiger partial charge in [-0.2, -0.15) is 4.39 Å². The summed E-state index contributed by atoms with van der Waals surface area (Å²) in [5.41, 5.74) is -0.640. The fourth-order valence-electron chi connectivity index (χ4n) is 1.51. The fraction of sp³-hybridized carbons (Fsp3) is 0.100. The number of ether oxygens (including phenoxy) is 1. The quantitative estimate of drug-likeness (QED) is 0.776. The molecule has 1 heterocycles. The van der Waals surface area contributed by atoms with Crippen molar-refractivity contribution in [2.24, 2.45) is 0 Å². The van der Waals surface area contributed by atoms with Crippen molar-refractivity contribution in [1.82, 2.24) is 4.98 Å². The van der Waals surface area contributed by atoms with Gasteiger partial charge < -0.3 is 14.8 Å². The van der Waals surface area contributed by atoms with Gasteiger partial charge >= 0.3 is 0 Å². The maximum Gasteiger partial charge on any atom is 0.252 e. The molecule has 0 aliphatic heterocycles. The van der Waals surface area contributed by atoms with Crippen molar-refractivity contribution in [2.45, 2.75) is 0 Å². The van der Waals surface area contributed by atoms with Gasteiger partial charge in [-0.1, -0.05) is 0 Å². The minimum atomic E-state index is -1.21. The van der Waals surface area contributed by atoms with Crippen LogP contribution in [0.3, 0.4) is 0 Å². The number of aromatic amines is 1. The van der Waals surface area contributed by atoms with Crippen LogP contribution in [0.15, 0.2) is 16.9 Å². The van der Waals surface area contributed by atoms with Gasteiger partial charge in [-0.15, -0.1) is 0 Å². The van der Waals surface area contributed by atoms with Crippen LogP contribution >= 0.6 is 0 Å². The van der Waals surface area contributed by atoms with Gasteiger partial charge in [-0.3, -0.25) is 4.79 Å². The maximum absolute atomic E-state index is 13.3. The Balaban J connectivity index is 3.02. The van der Waals surface area contributed by atoms with E-state index in [9.17, 15) is 18.7 Å². The Morgan fingerprint density at radius 1 is 1.38 bits per heavy atom. The predicted octanol–water partition coefficient (Wildman–Crippen LogP) is 1.52. The highest BCUT2D eigenvalue weighted by Crippen LogP contribution is 2.34. The second-order valence-electron chi connectivity index (χ2n) is 3.15. The number of nitrogens with one attached hydrogen (secondary N) is 1. The summed E-state index contributed by atoms with van der Waals surface area (Å²) in [7, 11) is 1.14.